The molecule has 1 N–H and O–H groups in total. The molecule has 3 aromatic rings. The van der Waals surface area contributed by atoms with E-state index in [-0.39, 0.29) is 12.3 Å². The lowest BCUT2D eigenvalue weighted by Crippen LogP contribution is -2.14. The van der Waals surface area contributed by atoms with Gasteiger partial charge in [0, 0.05) is 14.8 Å². The van der Waals surface area contributed by atoms with Crippen LogP contribution in [0.25, 0.3) is 11.5 Å². The van der Waals surface area contributed by atoms with Crippen molar-refractivity contribution in [1.82, 2.24) is 4.98 Å². The molecule has 1 amide bonds. The van der Waals surface area contributed by atoms with Crippen LogP contribution in [0.4, 0.5) is 5.69 Å². The van der Waals surface area contributed by atoms with E-state index < -0.39 is 0 Å². The molecule has 4 nitrogen and oxygen atoms in total. The number of rotatable bonds is 4. The Morgan fingerprint density at radius 3 is 2.55 bits per heavy atom. The van der Waals surface area contributed by atoms with Gasteiger partial charge in [0.05, 0.1) is 12.1 Å². The largest absolute Gasteiger partial charge is 0.444 e. The lowest BCUT2D eigenvalue weighted by molar-refractivity contribution is -0.115. The van der Waals surface area contributed by atoms with Gasteiger partial charge in [-0.1, -0.05) is 18.2 Å². The van der Waals surface area contributed by atoms with Gasteiger partial charge in [0.15, 0.2) is 0 Å². The zero-order valence-electron chi connectivity index (χ0n) is 11.6. The maximum Gasteiger partial charge on any atom is 0.230 e. The van der Waals surface area contributed by atoms with Crippen LogP contribution >= 0.6 is 22.6 Å². The molecule has 0 fully saturated rings. The molecule has 0 bridgehead atoms. The van der Waals surface area contributed by atoms with Crippen molar-refractivity contribution >= 4 is 34.2 Å². The van der Waals surface area contributed by atoms with Gasteiger partial charge in [0.1, 0.15) is 6.26 Å². The average molecular weight is 404 g/mol. The van der Waals surface area contributed by atoms with Gasteiger partial charge >= 0.3 is 0 Å². The Morgan fingerprint density at radius 2 is 1.82 bits per heavy atom. The molecule has 5 heteroatoms. The molecule has 110 valence electrons. The number of anilines is 1. The fraction of sp³-hybridized carbons (Fsp3) is 0.0588. The van der Waals surface area contributed by atoms with Crippen LogP contribution in [-0.4, -0.2) is 10.9 Å². The van der Waals surface area contributed by atoms with E-state index in [2.05, 4.69) is 32.9 Å². The Hall–Kier alpha value is -2.15. The van der Waals surface area contributed by atoms with Crippen molar-refractivity contribution in [3.8, 4) is 11.5 Å². The summed E-state index contributed by atoms with van der Waals surface area (Å²) >= 11 is 2.22. The SMILES string of the molecule is O=C(Cc1coc(-c2ccccc2)n1)Nc1ccc(I)cc1. The number of benzene rings is 2. The van der Waals surface area contributed by atoms with E-state index in [1.54, 1.807) is 0 Å². The summed E-state index contributed by atoms with van der Waals surface area (Å²) in [5.74, 6) is 0.409. The van der Waals surface area contributed by atoms with Crippen LogP contribution in [-0.2, 0) is 11.2 Å². The van der Waals surface area contributed by atoms with Gasteiger partial charge in [0.25, 0.3) is 0 Å². The molecule has 0 saturated heterocycles. The monoisotopic (exact) mass is 404 g/mol. The van der Waals surface area contributed by atoms with E-state index in [1.165, 1.54) is 6.26 Å². The van der Waals surface area contributed by atoms with Gasteiger partial charge in [-0.2, -0.15) is 0 Å². The second kappa shape index (κ2) is 6.74. The summed E-state index contributed by atoms with van der Waals surface area (Å²) < 4.78 is 6.55. The molecule has 0 aliphatic carbocycles. The number of nitrogens with one attached hydrogen (secondary N) is 1. The van der Waals surface area contributed by atoms with Gasteiger partial charge in [-0.15, -0.1) is 0 Å². The Kier molecular flexibility index (Phi) is 4.53. The zero-order chi connectivity index (χ0) is 15.4. The van der Waals surface area contributed by atoms with Crippen molar-refractivity contribution in [2.75, 3.05) is 5.32 Å². The van der Waals surface area contributed by atoms with E-state index in [9.17, 15) is 4.79 Å². The Balaban J connectivity index is 1.65. The maximum absolute atomic E-state index is 12.0. The Labute approximate surface area is 141 Å². The molecular weight excluding hydrogens is 391 g/mol. The molecule has 22 heavy (non-hydrogen) atoms. The Morgan fingerprint density at radius 1 is 1.09 bits per heavy atom. The second-order valence-electron chi connectivity index (χ2n) is 4.74. The third kappa shape index (κ3) is 3.73. The molecule has 0 radical (unpaired) electrons. The summed E-state index contributed by atoms with van der Waals surface area (Å²) in [6, 6.07) is 17.2. The number of halogens is 1. The van der Waals surface area contributed by atoms with Crippen LogP contribution in [0.15, 0.2) is 65.3 Å². The standard InChI is InChI=1S/C17H13IN2O2/c18-13-6-8-14(9-7-13)19-16(21)10-15-11-22-17(20-15)12-4-2-1-3-5-12/h1-9,11H,10H2,(H,19,21). The summed E-state index contributed by atoms with van der Waals surface area (Å²) in [6.45, 7) is 0. The average Bonchev–Trinajstić information content (AvgIpc) is 2.99. The quantitative estimate of drug-likeness (QED) is 0.666. The molecule has 0 aliphatic rings. The van der Waals surface area contributed by atoms with E-state index in [0.717, 1.165) is 14.8 Å². The van der Waals surface area contributed by atoms with Gasteiger partial charge in [-0.25, -0.2) is 4.98 Å². The van der Waals surface area contributed by atoms with E-state index >= 15 is 0 Å². The molecule has 0 aliphatic heterocycles. The summed E-state index contributed by atoms with van der Waals surface area (Å²) in [4.78, 5) is 16.4. The zero-order valence-corrected chi connectivity index (χ0v) is 13.8. The highest BCUT2D eigenvalue weighted by molar-refractivity contribution is 14.1. The van der Waals surface area contributed by atoms with Crippen molar-refractivity contribution in [3.05, 3.63) is 70.1 Å². The van der Waals surface area contributed by atoms with Crippen LogP contribution in [0.5, 0.6) is 0 Å². The number of hydrogen-bond donors (Lipinski definition) is 1. The first kappa shape index (κ1) is 14.8. The minimum Gasteiger partial charge on any atom is -0.444 e. The van der Waals surface area contributed by atoms with Crippen molar-refractivity contribution in [3.63, 3.8) is 0 Å². The van der Waals surface area contributed by atoms with Crippen LogP contribution in [0.3, 0.4) is 0 Å². The molecular formula is C17H13IN2O2. The summed E-state index contributed by atoms with van der Waals surface area (Å²) in [6.07, 6.45) is 1.71. The number of oxazole rings is 1. The topological polar surface area (TPSA) is 55.1 Å². The lowest BCUT2D eigenvalue weighted by atomic mass is 10.2. The number of amides is 1. The highest BCUT2D eigenvalue weighted by Crippen LogP contribution is 2.18. The van der Waals surface area contributed by atoms with Crippen molar-refractivity contribution in [2.45, 2.75) is 6.42 Å². The van der Waals surface area contributed by atoms with Gasteiger partial charge in [-0.05, 0) is 59.0 Å². The third-order valence-corrected chi connectivity index (χ3v) is 3.76. The minimum atomic E-state index is -0.117. The highest BCUT2D eigenvalue weighted by Gasteiger charge is 2.10. The Bertz CT molecular complexity index is 767. The first-order chi connectivity index (χ1) is 10.7. The molecule has 0 atom stereocenters. The molecule has 2 aromatic carbocycles. The molecule has 1 heterocycles. The van der Waals surface area contributed by atoms with Crippen molar-refractivity contribution < 1.29 is 9.21 Å². The van der Waals surface area contributed by atoms with Crippen molar-refractivity contribution in [1.29, 1.82) is 0 Å². The third-order valence-electron chi connectivity index (χ3n) is 3.04. The maximum atomic E-state index is 12.0. The number of nitrogens with zero attached hydrogens (tertiary/aromatic N) is 1. The van der Waals surface area contributed by atoms with E-state index in [1.807, 2.05) is 54.6 Å². The molecule has 0 spiro atoms. The van der Waals surface area contributed by atoms with Crippen LogP contribution in [0, 0.1) is 3.57 Å². The highest BCUT2D eigenvalue weighted by atomic mass is 127. The van der Waals surface area contributed by atoms with Crippen LogP contribution < -0.4 is 5.32 Å². The summed E-state index contributed by atoms with van der Waals surface area (Å²) in [5.41, 5.74) is 2.28. The van der Waals surface area contributed by atoms with Gasteiger partial charge in [0.2, 0.25) is 11.8 Å². The van der Waals surface area contributed by atoms with Crippen molar-refractivity contribution in [2.24, 2.45) is 0 Å². The van der Waals surface area contributed by atoms with Crippen LogP contribution in [0.2, 0.25) is 0 Å². The number of aromatic nitrogens is 1. The number of hydrogen-bond acceptors (Lipinski definition) is 3. The smallest absolute Gasteiger partial charge is 0.230 e. The van der Waals surface area contributed by atoms with E-state index in [0.29, 0.717) is 11.6 Å². The minimum absolute atomic E-state index is 0.117. The summed E-state index contributed by atoms with van der Waals surface area (Å²) in [5, 5.41) is 2.84. The summed E-state index contributed by atoms with van der Waals surface area (Å²) in [7, 11) is 0. The predicted octanol–water partition coefficient (Wildman–Crippen LogP) is 4.13. The van der Waals surface area contributed by atoms with Gasteiger partial charge < -0.3 is 9.73 Å². The fourth-order valence-corrected chi connectivity index (χ4v) is 2.36. The molecule has 1 aromatic heterocycles. The predicted molar refractivity (Wildman–Crippen MR) is 93.4 cm³/mol. The molecule has 0 saturated carbocycles. The second-order valence-corrected chi connectivity index (χ2v) is 5.99. The van der Waals surface area contributed by atoms with Crippen LogP contribution in [0.1, 0.15) is 5.69 Å². The number of carbonyl (C=O) groups is 1. The first-order valence-corrected chi connectivity index (χ1v) is 7.84. The molecule has 0 unspecified atom stereocenters. The van der Waals surface area contributed by atoms with Gasteiger partial charge in [-0.3, -0.25) is 4.79 Å². The number of carbonyl (C=O) groups excluding carboxylic acids is 1. The van der Waals surface area contributed by atoms with E-state index in [4.69, 9.17) is 4.42 Å². The first-order valence-electron chi connectivity index (χ1n) is 6.76. The molecule has 3 rings (SSSR count). The lowest BCUT2D eigenvalue weighted by Gasteiger charge is -2.03. The normalized spacial score (nSPS) is 10.4. The fourth-order valence-electron chi connectivity index (χ4n) is 2.00.